The number of benzene rings is 1. The van der Waals surface area contributed by atoms with Crippen LogP contribution in [0.1, 0.15) is 41.3 Å². The Balaban J connectivity index is 1.92. The van der Waals surface area contributed by atoms with Crippen molar-refractivity contribution in [1.29, 1.82) is 0 Å². The van der Waals surface area contributed by atoms with Crippen LogP contribution < -0.4 is 0 Å². The fourth-order valence-electron chi connectivity index (χ4n) is 2.34. The molecule has 1 aliphatic carbocycles. The van der Waals surface area contributed by atoms with Crippen molar-refractivity contribution in [3.05, 3.63) is 40.4 Å². The number of rotatable bonds is 5. The summed E-state index contributed by atoms with van der Waals surface area (Å²) in [5.74, 6) is -0.175. The molecule has 0 radical (unpaired) electrons. The molecule has 0 aliphatic heterocycles. The topological polar surface area (TPSA) is 50.2 Å². The van der Waals surface area contributed by atoms with Gasteiger partial charge in [0.25, 0.3) is 0 Å². The highest BCUT2D eigenvalue weighted by Gasteiger charge is 2.29. The summed E-state index contributed by atoms with van der Waals surface area (Å²) in [6, 6.07) is 8.32. The van der Waals surface area contributed by atoms with Gasteiger partial charge in [-0.15, -0.1) is 11.3 Å². The SMILES string of the molecule is Cc1cccc(-c2nc(C3CC3)c(CCC(=O)O)s2)c1. The normalized spacial score (nSPS) is 14.4. The van der Waals surface area contributed by atoms with Crippen LogP contribution in [0.3, 0.4) is 0 Å². The van der Waals surface area contributed by atoms with Gasteiger partial charge >= 0.3 is 5.97 Å². The summed E-state index contributed by atoms with van der Waals surface area (Å²) >= 11 is 1.66. The van der Waals surface area contributed by atoms with E-state index < -0.39 is 5.97 Å². The Hall–Kier alpha value is -1.68. The molecule has 1 saturated carbocycles. The zero-order valence-corrected chi connectivity index (χ0v) is 12.2. The van der Waals surface area contributed by atoms with Crippen molar-refractivity contribution in [2.75, 3.05) is 0 Å². The van der Waals surface area contributed by atoms with Gasteiger partial charge in [0.05, 0.1) is 12.1 Å². The molecule has 0 atom stereocenters. The number of aryl methyl sites for hydroxylation is 2. The maximum Gasteiger partial charge on any atom is 0.303 e. The second kappa shape index (κ2) is 5.37. The van der Waals surface area contributed by atoms with Crippen molar-refractivity contribution in [3.8, 4) is 10.6 Å². The van der Waals surface area contributed by atoms with Crippen LogP contribution >= 0.6 is 11.3 Å². The summed E-state index contributed by atoms with van der Waals surface area (Å²) in [6.45, 7) is 2.07. The summed E-state index contributed by atoms with van der Waals surface area (Å²) in [7, 11) is 0. The van der Waals surface area contributed by atoms with E-state index >= 15 is 0 Å². The van der Waals surface area contributed by atoms with Crippen LogP contribution in [0, 0.1) is 6.92 Å². The zero-order valence-electron chi connectivity index (χ0n) is 11.4. The minimum absolute atomic E-state index is 0.190. The number of carboxylic acid groups (broad SMARTS) is 1. The van der Waals surface area contributed by atoms with Crippen molar-refractivity contribution >= 4 is 17.3 Å². The number of aromatic nitrogens is 1. The van der Waals surface area contributed by atoms with E-state index in [4.69, 9.17) is 10.1 Å². The molecule has 0 spiro atoms. The summed E-state index contributed by atoms with van der Waals surface area (Å²) in [6.07, 6.45) is 3.17. The lowest BCUT2D eigenvalue weighted by Crippen LogP contribution is -1.98. The van der Waals surface area contributed by atoms with Crippen molar-refractivity contribution in [3.63, 3.8) is 0 Å². The lowest BCUT2D eigenvalue weighted by atomic mass is 10.1. The van der Waals surface area contributed by atoms with Gasteiger partial charge in [0.2, 0.25) is 0 Å². The van der Waals surface area contributed by atoms with E-state index in [1.165, 1.54) is 18.4 Å². The number of thiazole rings is 1. The van der Waals surface area contributed by atoms with Gasteiger partial charge in [-0.1, -0.05) is 23.8 Å². The van der Waals surface area contributed by atoms with Crippen molar-refractivity contribution in [2.45, 2.75) is 38.5 Å². The Morgan fingerprint density at radius 2 is 2.25 bits per heavy atom. The molecule has 20 heavy (non-hydrogen) atoms. The van der Waals surface area contributed by atoms with Gasteiger partial charge in [0.15, 0.2) is 0 Å². The number of nitrogens with zero attached hydrogens (tertiary/aromatic N) is 1. The molecule has 1 N–H and O–H groups in total. The van der Waals surface area contributed by atoms with Gasteiger partial charge in [0, 0.05) is 16.4 Å². The third kappa shape index (κ3) is 2.90. The van der Waals surface area contributed by atoms with E-state index in [1.807, 2.05) is 6.07 Å². The van der Waals surface area contributed by atoms with E-state index in [0.29, 0.717) is 12.3 Å². The van der Waals surface area contributed by atoms with Gasteiger partial charge in [0.1, 0.15) is 5.01 Å². The summed E-state index contributed by atoms with van der Waals surface area (Å²) in [5, 5.41) is 9.89. The molecule has 1 aromatic carbocycles. The number of carbonyl (C=O) groups is 1. The third-order valence-electron chi connectivity index (χ3n) is 3.52. The van der Waals surface area contributed by atoms with Gasteiger partial charge in [-0.25, -0.2) is 4.98 Å². The minimum Gasteiger partial charge on any atom is -0.481 e. The molecule has 1 aromatic heterocycles. The highest BCUT2D eigenvalue weighted by Crippen LogP contribution is 2.44. The monoisotopic (exact) mass is 287 g/mol. The van der Waals surface area contributed by atoms with E-state index in [2.05, 4.69) is 25.1 Å². The summed E-state index contributed by atoms with van der Waals surface area (Å²) in [5.41, 5.74) is 3.50. The summed E-state index contributed by atoms with van der Waals surface area (Å²) < 4.78 is 0. The second-order valence-electron chi connectivity index (χ2n) is 5.36. The standard InChI is InChI=1S/C16H17NO2S/c1-10-3-2-4-12(9-10)16-17-15(11-5-6-11)13(20-16)7-8-14(18)19/h2-4,9,11H,5-8H2,1H3,(H,18,19). The molecule has 4 heteroatoms. The van der Waals surface area contributed by atoms with Crippen LogP contribution in [0.5, 0.6) is 0 Å². The molecule has 1 fully saturated rings. The van der Waals surface area contributed by atoms with Crippen LogP contribution in [0.2, 0.25) is 0 Å². The molecule has 3 rings (SSSR count). The molecule has 0 amide bonds. The molecule has 104 valence electrons. The first kappa shape index (κ1) is 13.3. The smallest absolute Gasteiger partial charge is 0.303 e. The number of aliphatic carboxylic acids is 1. The maximum absolute atomic E-state index is 10.8. The number of hydrogen-bond donors (Lipinski definition) is 1. The molecular weight excluding hydrogens is 270 g/mol. The van der Waals surface area contributed by atoms with E-state index in [0.717, 1.165) is 21.1 Å². The molecule has 1 aliphatic rings. The largest absolute Gasteiger partial charge is 0.481 e. The number of carboxylic acids is 1. The summed E-state index contributed by atoms with van der Waals surface area (Å²) in [4.78, 5) is 16.7. The highest BCUT2D eigenvalue weighted by molar-refractivity contribution is 7.15. The first-order valence-corrected chi connectivity index (χ1v) is 7.73. The Kier molecular flexibility index (Phi) is 3.57. The van der Waals surface area contributed by atoms with Crippen molar-refractivity contribution < 1.29 is 9.90 Å². The molecule has 1 heterocycles. The molecular formula is C16H17NO2S. The van der Waals surface area contributed by atoms with Crippen LogP contribution in [-0.2, 0) is 11.2 Å². The fraction of sp³-hybridized carbons (Fsp3) is 0.375. The van der Waals surface area contributed by atoms with Crippen LogP contribution in [0.25, 0.3) is 10.6 Å². The molecule has 2 aromatic rings. The Morgan fingerprint density at radius 3 is 2.90 bits per heavy atom. The second-order valence-corrected chi connectivity index (χ2v) is 6.45. The quantitative estimate of drug-likeness (QED) is 0.903. The van der Waals surface area contributed by atoms with Crippen LogP contribution in [0.4, 0.5) is 0 Å². The van der Waals surface area contributed by atoms with Crippen molar-refractivity contribution in [2.24, 2.45) is 0 Å². The van der Waals surface area contributed by atoms with Crippen LogP contribution in [-0.4, -0.2) is 16.1 Å². The lowest BCUT2D eigenvalue weighted by molar-refractivity contribution is -0.136. The molecule has 3 nitrogen and oxygen atoms in total. The zero-order chi connectivity index (χ0) is 14.1. The van der Waals surface area contributed by atoms with Gasteiger partial charge in [-0.3, -0.25) is 4.79 Å². The first-order chi connectivity index (χ1) is 9.63. The molecule has 0 saturated heterocycles. The van der Waals surface area contributed by atoms with Gasteiger partial charge in [-0.05, 0) is 32.3 Å². The fourth-order valence-corrected chi connectivity index (χ4v) is 3.48. The van der Waals surface area contributed by atoms with Crippen molar-refractivity contribution in [1.82, 2.24) is 4.98 Å². The van der Waals surface area contributed by atoms with Gasteiger partial charge in [-0.2, -0.15) is 0 Å². The highest BCUT2D eigenvalue weighted by atomic mass is 32.1. The third-order valence-corrected chi connectivity index (χ3v) is 4.70. The lowest BCUT2D eigenvalue weighted by Gasteiger charge is -1.97. The van der Waals surface area contributed by atoms with Crippen LogP contribution in [0.15, 0.2) is 24.3 Å². The molecule has 0 unspecified atom stereocenters. The van der Waals surface area contributed by atoms with E-state index in [1.54, 1.807) is 11.3 Å². The predicted octanol–water partition coefficient (Wildman–Crippen LogP) is 4.01. The Morgan fingerprint density at radius 1 is 1.45 bits per heavy atom. The van der Waals surface area contributed by atoms with Gasteiger partial charge < -0.3 is 5.11 Å². The first-order valence-electron chi connectivity index (χ1n) is 6.92. The van der Waals surface area contributed by atoms with E-state index in [9.17, 15) is 4.79 Å². The average Bonchev–Trinajstić information content (AvgIpc) is 3.16. The predicted molar refractivity (Wildman–Crippen MR) is 80.2 cm³/mol. The Labute approximate surface area is 122 Å². The Bertz CT molecular complexity index is 644. The number of hydrogen-bond acceptors (Lipinski definition) is 3. The molecule has 0 bridgehead atoms. The van der Waals surface area contributed by atoms with E-state index in [-0.39, 0.29) is 6.42 Å². The maximum atomic E-state index is 10.8. The minimum atomic E-state index is -0.739. The average molecular weight is 287 g/mol.